The molecule has 1 N–H and O–H groups in total. The lowest BCUT2D eigenvalue weighted by Gasteiger charge is -2.31. The molecule has 0 spiro atoms. The molecular weight excluding hydrogens is 521 g/mol. The number of nitrogens with zero attached hydrogens (tertiary/aromatic N) is 2. The number of anilines is 1. The van der Waals surface area contributed by atoms with Gasteiger partial charge in [-0.15, -0.1) is 0 Å². The summed E-state index contributed by atoms with van der Waals surface area (Å²) in [5.41, 5.74) is 1.87. The Kier molecular flexibility index (Phi) is 10.1. The maximum absolute atomic E-state index is 13.5. The number of nitrogens with one attached hydrogen (secondary N) is 1. The number of amides is 2. The molecular formula is C23H28Cl3N3O4S. The Labute approximate surface area is 216 Å². The van der Waals surface area contributed by atoms with Crippen molar-refractivity contribution in [1.29, 1.82) is 0 Å². The number of hydrogen-bond acceptors (Lipinski definition) is 4. The van der Waals surface area contributed by atoms with E-state index in [9.17, 15) is 18.0 Å². The molecule has 2 amide bonds. The number of benzene rings is 2. The van der Waals surface area contributed by atoms with Gasteiger partial charge in [0.25, 0.3) is 0 Å². The Morgan fingerprint density at radius 1 is 1.03 bits per heavy atom. The Bertz CT molecular complexity index is 1140. The van der Waals surface area contributed by atoms with Gasteiger partial charge in [0.05, 0.1) is 27.0 Å². The van der Waals surface area contributed by atoms with Crippen LogP contribution in [0.2, 0.25) is 15.1 Å². The van der Waals surface area contributed by atoms with E-state index in [2.05, 4.69) is 5.32 Å². The highest BCUT2D eigenvalue weighted by Crippen LogP contribution is 2.35. The maximum Gasteiger partial charge on any atom is 0.244 e. The van der Waals surface area contributed by atoms with E-state index in [0.29, 0.717) is 6.54 Å². The lowest BCUT2D eigenvalue weighted by atomic mass is 10.1. The van der Waals surface area contributed by atoms with Crippen LogP contribution >= 0.6 is 34.8 Å². The number of rotatable bonds is 10. The maximum atomic E-state index is 13.5. The summed E-state index contributed by atoms with van der Waals surface area (Å²) in [5.74, 6) is -0.909. The molecule has 34 heavy (non-hydrogen) atoms. The quantitative estimate of drug-likeness (QED) is 0.437. The van der Waals surface area contributed by atoms with E-state index in [1.807, 2.05) is 38.1 Å². The zero-order valence-electron chi connectivity index (χ0n) is 19.4. The SMILES string of the molecule is CCCNC(=O)[C@H](C)N(Cc1ccc(C)cc1)C(=O)CN(c1cc(Cl)c(Cl)cc1Cl)S(C)(=O)=O. The van der Waals surface area contributed by atoms with Crippen LogP contribution in [0.1, 0.15) is 31.4 Å². The van der Waals surface area contributed by atoms with Crippen molar-refractivity contribution in [1.82, 2.24) is 10.2 Å². The minimum absolute atomic E-state index is 0.0188. The van der Waals surface area contributed by atoms with Gasteiger partial charge < -0.3 is 10.2 Å². The van der Waals surface area contributed by atoms with Crippen molar-refractivity contribution in [2.45, 2.75) is 39.8 Å². The van der Waals surface area contributed by atoms with Crippen molar-refractivity contribution in [2.75, 3.05) is 23.7 Å². The van der Waals surface area contributed by atoms with Crippen molar-refractivity contribution < 1.29 is 18.0 Å². The minimum Gasteiger partial charge on any atom is -0.354 e. The molecule has 0 fully saturated rings. The van der Waals surface area contributed by atoms with Crippen LogP contribution in [0.25, 0.3) is 0 Å². The van der Waals surface area contributed by atoms with Crippen molar-refractivity contribution in [3.8, 4) is 0 Å². The van der Waals surface area contributed by atoms with E-state index < -0.39 is 28.5 Å². The summed E-state index contributed by atoms with van der Waals surface area (Å²) in [5, 5.41) is 3.04. The lowest BCUT2D eigenvalue weighted by molar-refractivity contribution is -0.139. The molecule has 11 heteroatoms. The molecule has 0 aromatic heterocycles. The Morgan fingerprint density at radius 2 is 1.62 bits per heavy atom. The Balaban J connectivity index is 2.43. The second kappa shape index (κ2) is 12.1. The molecule has 0 aliphatic carbocycles. The van der Waals surface area contributed by atoms with E-state index in [-0.39, 0.29) is 33.2 Å². The first kappa shape index (κ1) is 28.2. The minimum atomic E-state index is -3.94. The molecule has 2 aromatic carbocycles. The fraction of sp³-hybridized carbons (Fsp3) is 0.391. The molecule has 2 aromatic rings. The average Bonchev–Trinajstić information content (AvgIpc) is 2.76. The summed E-state index contributed by atoms with van der Waals surface area (Å²) < 4.78 is 26.1. The van der Waals surface area contributed by atoms with Crippen molar-refractivity contribution in [3.05, 3.63) is 62.6 Å². The van der Waals surface area contributed by atoms with Crippen LogP contribution in [0.15, 0.2) is 36.4 Å². The first-order chi connectivity index (χ1) is 15.8. The molecule has 0 bridgehead atoms. The van der Waals surface area contributed by atoms with E-state index in [0.717, 1.165) is 28.1 Å². The molecule has 0 aliphatic rings. The second-order valence-electron chi connectivity index (χ2n) is 7.96. The van der Waals surface area contributed by atoms with Gasteiger partial charge in [-0.3, -0.25) is 13.9 Å². The lowest BCUT2D eigenvalue weighted by Crippen LogP contribution is -2.51. The molecule has 0 unspecified atom stereocenters. The summed E-state index contributed by atoms with van der Waals surface area (Å²) in [6, 6.07) is 9.28. The summed E-state index contributed by atoms with van der Waals surface area (Å²) in [4.78, 5) is 27.5. The zero-order chi connectivity index (χ0) is 25.6. The predicted molar refractivity (Wildman–Crippen MR) is 138 cm³/mol. The fourth-order valence-corrected chi connectivity index (χ4v) is 4.71. The van der Waals surface area contributed by atoms with Crippen molar-refractivity contribution >= 4 is 62.3 Å². The van der Waals surface area contributed by atoms with Crippen LogP contribution in [-0.4, -0.2) is 50.5 Å². The normalized spacial score (nSPS) is 12.2. The third-order valence-corrected chi connectivity index (χ3v) is 7.28. The van der Waals surface area contributed by atoms with E-state index in [4.69, 9.17) is 34.8 Å². The molecule has 0 saturated carbocycles. The van der Waals surface area contributed by atoms with Gasteiger partial charge >= 0.3 is 0 Å². The third kappa shape index (κ3) is 7.50. The zero-order valence-corrected chi connectivity index (χ0v) is 22.5. The molecule has 0 saturated heterocycles. The number of hydrogen-bond donors (Lipinski definition) is 1. The van der Waals surface area contributed by atoms with Gasteiger partial charge in [0.15, 0.2) is 0 Å². The van der Waals surface area contributed by atoms with Crippen LogP contribution in [0.5, 0.6) is 0 Å². The molecule has 1 atom stereocenters. The van der Waals surface area contributed by atoms with Gasteiger partial charge in [-0.25, -0.2) is 8.42 Å². The van der Waals surface area contributed by atoms with Crippen LogP contribution in [-0.2, 0) is 26.2 Å². The molecule has 2 rings (SSSR count). The first-order valence-electron chi connectivity index (χ1n) is 10.6. The van der Waals surface area contributed by atoms with Gasteiger partial charge in [-0.05, 0) is 38.0 Å². The largest absolute Gasteiger partial charge is 0.354 e. The first-order valence-corrected chi connectivity index (χ1v) is 13.6. The molecule has 0 radical (unpaired) electrons. The third-order valence-electron chi connectivity index (χ3n) is 5.13. The highest BCUT2D eigenvalue weighted by molar-refractivity contribution is 7.92. The van der Waals surface area contributed by atoms with Gasteiger partial charge in [0.2, 0.25) is 21.8 Å². The van der Waals surface area contributed by atoms with Crippen LogP contribution in [0.3, 0.4) is 0 Å². The monoisotopic (exact) mass is 547 g/mol. The van der Waals surface area contributed by atoms with Crippen molar-refractivity contribution in [3.63, 3.8) is 0 Å². The average molecular weight is 549 g/mol. The Hall–Kier alpha value is -2.00. The number of carbonyl (C=O) groups excluding carboxylic acids is 2. The van der Waals surface area contributed by atoms with Crippen LogP contribution < -0.4 is 9.62 Å². The van der Waals surface area contributed by atoms with Crippen molar-refractivity contribution in [2.24, 2.45) is 0 Å². The highest BCUT2D eigenvalue weighted by atomic mass is 35.5. The predicted octanol–water partition coefficient (Wildman–Crippen LogP) is 4.66. The van der Waals surface area contributed by atoms with Crippen LogP contribution in [0.4, 0.5) is 5.69 Å². The molecule has 0 aliphatic heterocycles. The number of halogens is 3. The summed E-state index contributed by atoms with van der Waals surface area (Å²) >= 11 is 18.3. The summed E-state index contributed by atoms with van der Waals surface area (Å²) in [7, 11) is -3.94. The van der Waals surface area contributed by atoms with Crippen LogP contribution in [0, 0.1) is 6.92 Å². The van der Waals surface area contributed by atoms with E-state index in [1.54, 1.807) is 6.92 Å². The highest BCUT2D eigenvalue weighted by Gasteiger charge is 2.31. The molecule has 186 valence electrons. The topological polar surface area (TPSA) is 86.8 Å². The van der Waals surface area contributed by atoms with Gasteiger partial charge in [0.1, 0.15) is 12.6 Å². The Morgan fingerprint density at radius 3 is 2.18 bits per heavy atom. The molecule has 7 nitrogen and oxygen atoms in total. The number of sulfonamides is 1. The van der Waals surface area contributed by atoms with Gasteiger partial charge in [0, 0.05) is 13.1 Å². The fourth-order valence-electron chi connectivity index (χ4n) is 3.17. The van der Waals surface area contributed by atoms with Gasteiger partial charge in [-0.1, -0.05) is 71.6 Å². The number of aryl methyl sites for hydroxylation is 1. The summed E-state index contributed by atoms with van der Waals surface area (Å²) in [6.07, 6.45) is 1.70. The number of carbonyl (C=O) groups is 2. The van der Waals surface area contributed by atoms with Gasteiger partial charge in [-0.2, -0.15) is 0 Å². The second-order valence-corrected chi connectivity index (χ2v) is 11.1. The smallest absolute Gasteiger partial charge is 0.244 e. The molecule has 0 heterocycles. The summed E-state index contributed by atoms with van der Waals surface area (Å²) in [6.45, 7) is 5.47. The van der Waals surface area contributed by atoms with E-state index >= 15 is 0 Å². The van der Waals surface area contributed by atoms with E-state index in [1.165, 1.54) is 17.0 Å². The standard InChI is InChI=1S/C23H28Cl3N3O4S/c1-5-10-27-23(31)16(3)28(13-17-8-6-15(2)7-9-17)22(30)14-29(34(4,32)33)21-12-19(25)18(24)11-20(21)26/h6-9,11-12,16H,5,10,13-14H2,1-4H3,(H,27,31)/t16-/m0/s1.